The molecule has 0 fully saturated rings. The van der Waals surface area contributed by atoms with Gasteiger partial charge in [-0.25, -0.2) is 13.8 Å². The molecule has 10 heteroatoms. The first-order valence-corrected chi connectivity index (χ1v) is 12.7. The summed E-state index contributed by atoms with van der Waals surface area (Å²) >= 11 is 0. The van der Waals surface area contributed by atoms with Gasteiger partial charge in [0.25, 0.3) is 0 Å². The van der Waals surface area contributed by atoms with Gasteiger partial charge in [-0.05, 0) is 42.3 Å². The van der Waals surface area contributed by atoms with Gasteiger partial charge in [0.1, 0.15) is 17.1 Å². The Labute approximate surface area is 233 Å². The fraction of sp³-hybridized carbons (Fsp3) is 0.161. The van der Waals surface area contributed by atoms with E-state index < -0.39 is 22.8 Å². The number of fused-ring (bicyclic) bond motifs is 1. The number of carbonyl (C=O) groups excluding carboxylic acids is 1. The van der Waals surface area contributed by atoms with Gasteiger partial charge < -0.3 is 19.1 Å². The fourth-order valence-corrected chi connectivity index (χ4v) is 4.57. The topological polar surface area (TPSA) is 104 Å². The third-order valence-corrected chi connectivity index (χ3v) is 6.66. The van der Waals surface area contributed by atoms with E-state index in [2.05, 4.69) is 9.97 Å². The van der Waals surface area contributed by atoms with Crippen molar-refractivity contribution in [3.63, 3.8) is 0 Å². The first-order chi connectivity index (χ1) is 19.8. The molecule has 208 valence electrons. The van der Waals surface area contributed by atoms with E-state index in [9.17, 15) is 19.1 Å². The standard InChI is InChI=1S/C31H25F2N3O5/c1-18-29(20-4-6-21(32)7-5-20)31(39)23(17-36(18)11-12-37)26(38)14-19-3-8-27(24(33)13-19)41-28-9-10-34-25-15-22(40-2)16-35-30(25)28/h3-10,13,15-17,37H,11-12,14H2,1-2H3. The zero-order chi connectivity index (χ0) is 29.1. The molecule has 2 aromatic carbocycles. The summed E-state index contributed by atoms with van der Waals surface area (Å²) in [5.41, 5.74) is 1.82. The molecule has 0 atom stereocenters. The lowest BCUT2D eigenvalue weighted by atomic mass is 9.97. The predicted molar refractivity (Wildman–Crippen MR) is 149 cm³/mol. The Morgan fingerprint density at radius 1 is 1.02 bits per heavy atom. The lowest BCUT2D eigenvalue weighted by Gasteiger charge is -2.16. The summed E-state index contributed by atoms with van der Waals surface area (Å²) in [5, 5.41) is 9.52. The van der Waals surface area contributed by atoms with E-state index in [-0.39, 0.29) is 42.2 Å². The van der Waals surface area contributed by atoms with E-state index in [1.165, 1.54) is 68.2 Å². The second-order valence-corrected chi connectivity index (χ2v) is 9.27. The zero-order valence-electron chi connectivity index (χ0n) is 22.2. The molecular formula is C31H25F2N3O5. The molecule has 0 aliphatic rings. The minimum Gasteiger partial charge on any atom is -0.495 e. The van der Waals surface area contributed by atoms with Crippen LogP contribution < -0.4 is 14.9 Å². The Hall–Kier alpha value is -4.96. The van der Waals surface area contributed by atoms with Crippen LogP contribution in [0.25, 0.3) is 22.2 Å². The second-order valence-electron chi connectivity index (χ2n) is 9.27. The molecule has 0 spiro atoms. The van der Waals surface area contributed by atoms with Crippen LogP contribution in [0.3, 0.4) is 0 Å². The van der Waals surface area contributed by atoms with Crippen LogP contribution in [-0.4, -0.2) is 39.1 Å². The number of ether oxygens (including phenoxy) is 2. The van der Waals surface area contributed by atoms with Crippen molar-refractivity contribution in [2.24, 2.45) is 0 Å². The molecule has 0 bridgehead atoms. The van der Waals surface area contributed by atoms with Crippen molar-refractivity contribution < 1.29 is 28.2 Å². The number of rotatable bonds is 9. The first kappa shape index (κ1) is 27.6. The SMILES string of the molecule is COc1cnc2c(Oc3ccc(CC(=O)c4cn(CCO)c(C)c(-c5ccc(F)cc5)c4=O)cc3F)ccnc2c1. The van der Waals surface area contributed by atoms with E-state index in [4.69, 9.17) is 9.47 Å². The van der Waals surface area contributed by atoms with Crippen molar-refractivity contribution in [3.8, 4) is 28.4 Å². The average molecular weight is 558 g/mol. The van der Waals surface area contributed by atoms with Crippen LogP contribution in [0.1, 0.15) is 21.6 Å². The van der Waals surface area contributed by atoms with E-state index in [0.717, 1.165) is 0 Å². The van der Waals surface area contributed by atoms with Crippen LogP contribution in [0.2, 0.25) is 0 Å². The molecular weight excluding hydrogens is 532 g/mol. The predicted octanol–water partition coefficient (Wildman–Crippen LogP) is 5.26. The molecule has 1 N–H and O–H groups in total. The molecule has 5 rings (SSSR count). The molecule has 8 nitrogen and oxygen atoms in total. The first-order valence-electron chi connectivity index (χ1n) is 12.7. The van der Waals surface area contributed by atoms with Crippen LogP contribution in [-0.2, 0) is 13.0 Å². The maximum atomic E-state index is 15.1. The summed E-state index contributed by atoms with van der Waals surface area (Å²) in [6, 6.07) is 12.7. The van der Waals surface area contributed by atoms with Crippen LogP contribution in [0.5, 0.6) is 17.2 Å². The van der Waals surface area contributed by atoms with Gasteiger partial charge in [-0.1, -0.05) is 18.2 Å². The number of carbonyl (C=O) groups is 1. The van der Waals surface area contributed by atoms with E-state index in [1.54, 1.807) is 23.6 Å². The normalized spacial score (nSPS) is 11.0. The summed E-state index contributed by atoms with van der Waals surface area (Å²) in [7, 11) is 1.51. The van der Waals surface area contributed by atoms with Crippen molar-refractivity contribution in [3.05, 3.63) is 112 Å². The Morgan fingerprint density at radius 3 is 2.51 bits per heavy atom. The number of benzene rings is 2. The highest BCUT2D eigenvalue weighted by atomic mass is 19.1. The lowest BCUT2D eigenvalue weighted by Crippen LogP contribution is -2.24. The van der Waals surface area contributed by atoms with Gasteiger partial charge in [0.2, 0.25) is 0 Å². The number of aliphatic hydroxyl groups excluding tert-OH is 1. The molecule has 0 unspecified atom stereocenters. The van der Waals surface area contributed by atoms with Crippen molar-refractivity contribution in [2.75, 3.05) is 13.7 Å². The maximum Gasteiger partial charge on any atom is 0.200 e. The van der Waals surface area contributed by atoms with Crippen LogP contribution >= 0.6 is 0 Å². The van der Waals surface area contributed by atoms with Crippen molar-refractivity contribution in [1.82, 2.24) is 14.5 Å². The smallest absolute Gasteiger partial charge is 0.200 e. The summed E-state index contributed by atoms with van der Waals surface area (Å²) < 4.78 is 41.2. The maximum absolute atomic E-state index is 15.1. The third-order valence-electron chi connectivity index (χ3n) is 6.66. The minimum atomic E-state index is -0.706. The van der Waals surface area contributed by atoms with Crippen molar-refractivity contribution >= 4 is 16.8 Å². The third kappa shape index (κ3) is 5.68. The number of hydrogen-bond acceptors (Lipinski definition) is 7. The number of Topliss-reactive ketones (excluding diaryl/α,β-unsaturated/α-hetero) is 1. The van der Waals surface area contributed by atoms with Crippen molar-refractivity contribution in [2.45, 2.75) is 19.9 Å². The highest BCUT2D eigenvalue weighted by molar-refractivity contribution is 5.98. The quantitative estimate of drug-likeness (QED) is 0.247. The van der Waals surface area contributed by atoms with E-state index in [1.807, 2.05) is 0 Å². The molecule has 0 radical (unpaired) electrons. The number of hydrogen-bond donors (Lipinski definition) is 1. The number of aliphatic hydroxyl groups is 1. The number of pyridine rings is 3. The van der Waals surface area contributed by atoms with Crippen LogP contribution in [0, 0.1) is 18.6 Å². The highest BCUT2D eigenvalue weighted by Gasteiger charge is 2.20. The number of aromatic nitrogens is 3. The number of nitrogens with zero attached hydrogens (tertiary/aromatic N) is 3. The molecule has 0 aliphatic carbocycles. The number of ketones is 1. The monoisotopic (exact) mass is 557 g/mol. The summed E-state index contributed by atoms with van der Waals surface area (Å²) in [6.45, 7) is 1.62. The Bertz CT molecular complexity index is 1820. The van der Waals surface area contributed by atoms with Gasteiger partial charge in [-0.15, -0.1) is 0 Å². The molecule has 5 aromatic rings. The molecule has 0 saturated heterocycles. The number of methoxy groups -OCH3 is 1. The molecule has 41 heavy (non-hydrogen) atoms. The largest absolute Gasteiger partial charge is 0.495 e. The Balaban J connectivity index is 1.43. The molecule has 0 saturated carbocycles. The van der Waals surface area contributed by atoms with Gasteiger partial charge in [0.05, 0.1) is 31.0 Å². The number of halogens is 2. The van der Waals surface area contributed by atoms with Gasteiger partial charge in [0, 0.05) is 48.7 Å². The summed E-state index contributed by atoms with van der Waals surface area (Å²) in [6.07, 6.45) is 4.16. The lowest BCUT2D eigenvalue weighted by molar-refractivity contribution is 0.0991. The molecule has 3 aromatic heterocycles. The second kappa shape index (κ2) is 11.6. The van der Waals surface area contributed by atoms with E-state index >= 15 is 4.39 Å². The zero-order valence-corrected chi connectivity index (χ0v) is 22.2. The average Bonchev–Trinajstić information content (AvgIpc) is 2.96. The van der Waals surface area contributed by atoms with Crippen LogP contribution in [0.15, 0.2) is 78.0 Å². The van der Waals surface area contributed by atoms with Crippen molar-refractivity contribution in [1.29, 1.82) is 0 Å². The van der Waals surface area contributed by atoms with Gasteiger partial charge in [-0.3, -0.25) is 14.6 Å². The highest BCUT2D eigenvalue weighted by Crippen LogP contribution is 2.31. The molecule has 0 amide bonds. The molecule has 0 aliphatic heterocycles. The van der Waals surface area contributed by atoms with Gasteiger partial charge >= 0.3 is 0 Å². The summed E-state index contributed by atoms with van der Waals surface area (Å²) in [4.78, 5) is 35.3. The Morgan fingerprint density at radius 2 is 1.80 bits per heavy atom. The van der Waals surface area contributed by atoms with Crippen LogP contribution in [0.4, 0.5) is 8.78 Å². The van der Waals surface area contributed by atoms with Gasteiger partial charge in [-0.2, -0.15) is 0 Å². The molecule has 3 heterocycles. The minimum absolute atomic E-state index is 0.0782. The Kier molecular flexibility index (Phi) is 7.84. The van der Waals surface area contributed by atoms with Gasteiger partial charge in [0.15, 0.2) is 28.5 Å². The van der Waals surface area contributed by atoms with E-state index in [0.29, 0.717) is 33.6 Å². The fourth-order valence-electron chi connectivity index (χ4n) is 4.57. The summed E-state index contributed by atoms with van der Waals surface area (Å²) in [5.74, 6) is -0.969.